The Labute approximate surface area is 157 Å². The lowest BCUT2D eigenvalue weighted by Crippen LogP contribution is -2.42. The zero-order valence-corrected chi connectivity index (χ0v) is 14.4. The fourth-order valence-corrected chi connectivity index (χ4v) is 2.62. The number of hydrogen-bond donors (Lipinski definition) is 2. The van der Waals surface area contributed by atoms with Crippen LogP contribution in [-0.4, -0.2) is 45.6 Å². The van der Waals surface area contributed by atoms with E-state index in [9.17, 15) is 23.5 Å². The molecule has 2 aromatic rings. The predicted molar refractivity (Wildman–Crippen MR) is 90.4 cm³/mol. The molecule has 1 aliphatic heterocycles. The number of hydrogen-bond acceptors (Lipinski definition) is 8. The molecular formula is C17H17F2N3O6. The van der Waals surface area contributed by atoms with E-state index in [0.717, 1.165) is 12.3 Å². The molecule has 2 heterocycles. The van der Waals surface area contributed by atoms with E-state index in [1.807, 2.05) is 0 Å². The van der Waals surface area contributed by atoms with Crippen molar-refractivity contribution in [3.8, 4) is 0 Å². The van der Waals surface area contributed by atoms with Crippen LogP contribution < -0.4 is 11.4 Å². The first-order chi connectivity index (χ1) is 13.3. The molecule has 11 heteroatoms. The van der Waals surface area contributed by atoms with Gasteiger partial charge in [-0.3, -0.25) is 4.57 Å². The van der Waals surface area contributed by atoms with Gasteiger partial charge in [-0.15, -0.1) is 0 Å². The van der Waals surface area contributed by atoms with Crippen LogP contribution in [0.15, 0.2) is 47.4 Å². The third-order valence-corrected chi connectivity index (χ3v) is 4.05. The molecule has 9 nitrogen and oxygen atoms in total. The Kier molecular flexibility index (Phi) is 5.56. The molecule has 0 unspecified atom stereocenters. The molecule has 1 fully saturated rings. The van der Waals surface area contributed by atoms with Crippen molar-refractivity contribution >= 4 is 12.0 Å². The highest BCUT2D eigenvalue weighted by atomic mass is 19.3. The Morgan fingerprint density at radius 2 is 2.00 bits per heavy atom. The highest BCUT2D eigenvalue weighted by molar-refractivity contribution is 5.59. The molecule has 1 aromatic heterocycles. The average molecular weight is 397 g/mol. The van der Waals surface area contributed by atoms with E-state index in [-0.39, 0.29) is 12.4 Å². The van der Waals surface area contributed by atoms with Gasteiger partial charge in [0.2, 0.25) is 6.23 Å². The van der Waals surface area contributed by atoms with Gasteiger partial charge < -0.3 is 25.1 Å². The maximum absolute atomic E-state index is 14.3. The lowest BCUT2D eigenvalue weighted by Gasteiger charge is -2.20. The van der Waals surface area contributed by atoms with Crippen LogP contribution in [0, 0.1) is 0 Å². The summed E-state index contributed by atoms with van der Waals surface area (Å²) in [7, 11) is 0. The summed E-state index contributed by atoms with van der Waals surface area (Å²) in [6.45, 7) is -0.767. The van der Waals surface area contributed by atoms with Crippen LogP contribution in [0.3, 0.4) is 0 Å². The summed E-state index contributed by atoms with van der Waals surface area (Å²) in [6, 6.07) is 9.88. The van der Waals surface area contributed by atoms with Crippen molar-refractivity contribution in [3.05, 3.63) is 58.6 Å². The lowest BCUT2D eigenvalue weighted by molar-refractivity contribution is -0.141. The average Bonchev–Trinajstić information content (AvgIpc) is 2.89. The molecule has 0 saturated carbocycles. The van der Waals surface area contributed by atoms with Crippen LogP contribution in [0.5, 0.6) is 0 Å². The minimum absolute atomic E-state index is 0.0704. The van der Waals surface area contributed by atoms with Crippen LogP contribution in [0.4, 0.5) is 19.4 Å². The molecular weight excluding hydrogens is 380 g/mol. The number of carbonyl (C=O) groups excluding carboxylic acids is 1. The predicted octanol–water partition coefficient (Wildman–Crippen LogP) is 1.07. The lowest BCUT2D eigenvalue weighted by atomic mass is 10.1. The number of aliphatic hydroxyl groups is 1. The van der Waals surface area contributed by atoms with E-state index in [4.69, 9.17) is 19.9 Å². The first-order valence-corrected chi connectivity index (χ1v) is 8.18. The quantitative estimate of drug-likeness (QED) is 0.718. The van der Waals surface area contributed by atoms with Crippen molar-refractivity contribution < 1.29 is 32.9 Å². The number of halogens is 2. The highest BCUT2D eigenvalue weighted by Crippen LogP contribution is 2.42. The molecule has 0 radical (unpaired) electrons. The number of nitrogen functional groups attached to an aromatic ring is 1. The van der Waals surface area contributed by atoms with Crippen molar-refractivity contribution in [2.75, 3.05) is 12.3 Å². The Balaban J connectivity index is 1.60. The third kappa shape index (κ3) is 4.10. The zero-order valence-electron chi connectivity index (χ0n) is 14.4. The maximum atomic E-state index is 14.3. The summed E-state index contributed by atoms with van der Waals surface area (Å²) < 4.78 is 43.9. The molecule has 28 heavy (non-hydrogen) atoms. The Morgan fingerprint density at radius 3 is 2.68 bits per heavy atom. The molecule has 0 bridgehead atoms. The van der Waals surface area contributed by atoms with Crippen molar-refractivity contribution in [2.24, 2.45) is 0 Å². The fourth-order valence-electron chi connectivity index (χ4n) is 2.62. The van der Waals surface area contributed by atoms with Gasteiger partial charge in [0.1, 0.15) is 25.1 Å². The summed E-state index contributed by atoms with van der Waals surface area (Å²) >= 11 is 0. The fraction of sp³-hybridized carbons (Fsp3) is 0.353. The summed E-state index contributed by atoms with van der Waals surface area (Å²) in [5.74, 6) is -3.98. The van der Waals surface area contributed by atoms with Gasteiger partial charge in [-0.05, 0) is 11.6 Å². The summed E-state index contributed by atoms with van der Waals surface area (Å²) in [4.78, 5) is 26.8. The van der Waals surface area contributed by atoms with Gasteiger partial charge in [0.15, 0.2) is 6.10 Å². The van der Waals surface area contributed by atoms with Crippen LogP contribution in [0.2, 0.25) is 0 Å². The van der Waals surface area contributed by atoms with Crippen LogP contribution in [0.25, 0.3) is 0 Å². The van der Waals surface area contributed by atoms with E-state index in [0.29, 0.717) is 10.1 Å². The molecule has 150 valence electrons. The number of benzene rings is 1. The van der Waals surface area contributed by atoms with Gasteiger partial charge in [-0.1, -0.05) is 30.3 Å². The second-order valence-electron chi connectivity index (χ2n) is 6.02. The normalized spacial score (nSPS) is 23.3. The largest absolute Gasteiger partial charge is 0.508 e. The Bertz CT molecular complexity index is 892. The van der Waals surface area contributed by atoms with E-state index in [1.165, 1.54) is 0 Å². The molecule has 0 aliphatic carbocycles. The van der Waals surface area contributed by atoms with Crippen molar-refractivity contribution in [3.63, 3.8) is 0 Å². The van der Waals surface area contributed by atoms with E-state index < -0.39 is 42.8 Å². The third-order valence-electron chi connectivity index (χ3n) is 4.05. The van der Waals surface area contributed by atoms with E-state index >= 15 is 0 Å². The molecule has 0 spiro atoms. The van der Waals surface area contributed by atoms with Crippen LogP contribution in [0.1, 0.15) is 11.8 Å². The van der Waals surface area contributed by atoms with Gasteiger partial charge in [0.25, 0.3) is 0 Å². The number of alkyl halides is 2. The number of ether oxygens (including phenoxy) is 3. The smallest absolute Gasteiger partial charge is 0.431 e. The summed E-state index contributed by atoms with van der Waals surface area (Å²) in [5, 5.41) is 9.85. The van der Waals surface area contributed by atoms with Crippen molar-refractivity contribution in [2.45, 2.75) is 31.0 Å². The number of rotatable bonds is 5. The Morgan fingerprint density at radius 1 is 1.29 bits per heavy atom. The minimum Gasteiger partial charge on any atom is -0.431 e. The molecule has 1 saturated heterocycles. The van der Waals surface area contributed by atoms with Gasteiger partial charge in [-0.2, -0.15) is 13.8 Å². The van der Waals surface area contributed by atoms with Gasteiger partial charge in [-0.25, -0.2) is 9.59 Å². The van der Waals surface area contributed by atoms with E-state index in [2.05, 4.69) is 4.98 Å². The van der Waals surface area contributed by atoms with E-state index in [1.54, 1.807) is 30.3 Å². The summed E-state index contributed by atoms with van der Waals surface area (Å²) in [5.41, 5.74) is 4.96. The van der Waals surface area contributed by atoms with Gasteiger partial charge in [0.05, 0.1) is 0 Å². The molecule has 3 N–H and O–H groups in total. The van der Waals surface area contributed by atoms with Crippen LogP contribution >= 0.6 is 0 Å². The van der Waals surface area contributed by atoms with Crippen LogP contribution in [-0.2, 0) is 20.8 Å². The summed E-state index contributed by atoms with van der Waals surface area (Å²) in [6.07, 6.45) is -6.15. The monoisotopic (exact) mass is 397 g/mol. The number of nitrogens with zero attached hydrogens (tertiary/aromatic N) is 2. The second-order valence-corrected chi connectivity index (χ2v) is 6.02. The molecule has 3 rings (SSSR count). The SMILES string of the molecule is Nc1ccn([C@H]2O[C@H](COC(=O)OCc3ccccc3)[C@@H](O)C2(F)F)c(=O)n1. The topological polar surface area (TPSA) is 126 Å². The standard InChI is InChI=1S/C17H17F2N3O6/c18-17(19)13(23)11(28-14(17)22-7-6-12(20)21-15(22)24)9-27-16(25)26-8-10-4-2-1-3-5-10/h1-7,11,13-14,23H,8-9H2,(H2,20,21,24)/t11-,13-,14+/m1/s1. The number of aromatic nitrogens is 2. The molecule has 0 amide bonds. The second kappa shape index (κ2) is 7.90. The minimum atomic E-state index is -3.83. The first-order valence-electron chi connectivity index (χ1n) is 8.18. The highest BCUT2D eigenvalue weighted by Gasteiger charge is 2.60. The maximum Gasteiger partial charge on any atom is 0.508 e. The molecule has 1 aliphatic rings. The number of carbonyl (C=O) groups is 1. The zero-order chi connectivity index (χ0) is 20.3. The molecule has 1 aromatic carbocycles. The molecule has 3 atom stereocenters. The van der Waals surface area contributed by atoms with Crippen molar-refractivity contribution in [1.82, 2.24) is 9.55 Å². The number of aliphatic hydroxyl groups excluding tert-OH is 1. The van der Waals surface area contributed by atoms with Gasteiger partial charge >= 0.3 is 17.8 Å². The Hall–Kier alpha value is -3.05. The first kappa shape index (κ1) is 19.7. The van der Waals surface area contributed by atoms with Crippen molar-refractivity contribution in [1.29, 1.82) is 0 Å². The van der Waals surface area contributed by atoms with Gasteiger partial charge in [0, 0.05) is 6.20 Å². The number of anilines is 1. The number of nitrogens with two attached hydrogens (primary N) is 1.